The first-order chi connectivity index (χ1) is 25.3. The van der Waals surface area contributed by atoms with Gasteiger partial charge in [-0.3, -0.25) is 13.8 Å². The third kappa shape index (κ3) is 38.9. The third-order valence-electron chi connectivity index (χ3n) is 9.50. The highest BCUT2D eigenvalue weighted by Crippen LogP contribution is 2.43. The van der Waals surface area contributed by atoms with Crippen LogP contribution in [-0.4, -0.2) is 61.8 Å². The molecule has 310 valence electrons. The van der Waals surface area contributed by atoms with Gasteiger partial charge in [0.25, 0.3) is 0 Å². The SMILES string of the molecule is CCCCCCCC/C=C\CCCCCCCC(O)OCC(COP(=O)(O)OCCNC)OC(=O)CCCCCCCCCCCCCCCCC. The number of rotatable bonds is 42. The molecule has 9 nitrogen and oxygen atoms in total. The zero-order chi connectivity index (χ0) is 38.2. The Morgan fingerprint density at radius 2 is 1.08 bits per heavy atom. The van der Waals surface area contributed by atoms with Crippen LogP contribution in [0.3, 0.4) is 0 Å². The van der Waals surface area contributed by atoms with E-state index in [-0.39, 0.29) is 26.2 Å². The van der Waals surface area contributed by atoms with Crippen molar-refractivity contribution in [2.24, 2.45) is 0 Å². The first kappa shape index (κ1) is 51.2. The van der Waals surface area contributed by atoms with E-state index in [0.717, 1.165) is 44.9 Å². The Kier molecular flexibility index (Phi) is 39.3. The summed E-state index contributed by atoms with van der Waals surface area (Å²) in [5.41, 5.74) is 0. The number of unbranched alkanes of at least 4 members (excludes halogenated alkanes) is 25. The molecule has 0 saturated heterocycles. The number of carbonyl (C=O) groups is 1. The molecule has 0 aliphatic heterocycles. The van der Waals surface area contributed by atoms with Crippen LogP contribution in [0, 0.1) is 0 Å². The number of phosphoric ester groups is 1. The van der Waals surface area contributed by atoms with Gasteiger partial charge < -0.3 is 24.8 Å². The molecule has 0 aliphatic carbocycles. The van der Waals surface area contributed by atoms with Crippen LogP contribution in [0.15, 0.2) is 12.2 Å². The second-order valence-corrected chi connectivity index (χ2v) is 16.1. The van der Waals surface area contributed by atoms with Crippen molar-refractivity contribution in [1.29, 1.82) is 0 Å². The van der Waals surface area contributed by atoms with Crippen LogP contribution < -0.4 is 5.32 Å². The molecule has 0 saturated carbocycles. The summed E-state index contributed by atoms with van der Waals surface area (Å²) in [6.45, 7) is 4.41. The molecule has 52 heavy (non-hydrogen) atoms. The van der Waals surface area contributed by atoms with Gasteiger partial charge in [-0.15, -0.1) is 0 Å². The summed E-state index contributed by atoms with van der Waals surface area (Å²) in [5.74, 6) is -0.400. The minimum atomic E-state index is -4.32. The number of likely N-dealkylation sites (N-methyl/N-ethyl adjacent to an activating group) is 1. The van der Waals surface area contributed by atoms with E-state index >= 15 is 0 Å². The number of aliphatic hydroxyl groups excluding tert-OH is 1. The summed E-state index contributed by atoms with van der Waals surface area (Å²) in [7, 11) is -2.61. The summed E-state index contributed by atoms with van der Waals surface area (Å²) in [6.07, 6.45) is 37.9. The molecule has 0 aromatic carbocycles. The van der Waals surface area contributed by atoms with Gasteiger partial charge in [-0.2, -0.15) is 0 Å². The average molecular weight is 762 g/mol. The maximum Gasteiger partial charge on any atom is 0.472 e. The third-order valence-corrected chi connectivity index (χ3v) is 10.5. The molecule has 0 rings (SSSR count). The number of carbonyl (C=O) groups excluding carboxylic acids is 1. The maximum absolute atomic E-state index is 12.6. The normalized spacial score (nSPS) is 14.2. The van der Waals surface area contributed by atoms with Gasteiger partial charge in [0.2, 0.25) is 0 Å². The first-order valence-corrected chi connectivity index (χ1v) is 23.2. The minimum Gasteiger partial charge on any atom is -0.457 e. The first-order valence-electron chi connectivity index (χ1n) is 21.7. The lowest BCUT2D eigenvalue weighted by Gasteiger charge is -2.21. The summed E-state index contributed by atoms with van der Waals surface area (Å²) >= 11 is 0. The Balaban J connectivity index is 4.20. The fourth-order valence-electron chi connectivity index (χ4n) is 6.17. The van der Waals surface area contributed by atoms with Gasteiger partial charge in [0, 0.05) is 13.0 Å². The lowest BCUT2D eigenvalue weighted by Crippen LogP contribution is -2.30. The van der Waals surface area contributed by atoms with E-state index in [1.165, 1.54) is 135 Å². The number of hydrogen-bond donors (Lipinski definition) is 3. The van der Waals surface area contributed by atoms with Crippen LogP contribution in [-0.2, 0) is 27.9 Å². The van der Waals surface area contributed by atoms with Gasteiger partial charge in [-0.1, -0.05) is 167 Å². The van der Waals surface area contributed by atoms with Crippen molar-refractivity contribution in [2.45, 2.75) is 219 Å². The van der Waals surface area contributed by atoms with Gasteiger partial charge in [0.15, 0.2) is 6.29 Å². The van der Waals surface area contributed by atoms with Crippen molar-refractivity contribution in [3.8, 4) is 0 Å². The number of allylic oxidation sites excluding steroid dienone is 2. The zero-order valence-corrected chi connectivity index (χ0v) is 35.0. The molecule has 3 unspecified atom stereocenters. The average Bonchev–Trinajstić information content (AvgIpc) is 3.12. The number of esters is 1. The molecule has 0 aromatic rings. The molecule has 10 heteroatoms. The Hall–Kier alpha value is -0.800. The summed E-state index contributed by atoms with van der Waals surface area (Å²) in [6, 6.07) is 0. The van der Waals surface area contributed by atoms with E-state index in [1.54, 1.807) is 7.05 Å². The van der Waals surface area contributed by atoms with E-state index in [0.29, 0.717) is 13.0 Å². The fraction of sp³-hybridized carbons (Fsp3) is 0.929. The molecule has 0 spiro atoms. The zero-order valence-electron chi connectivity index (χ0n) is 34.1. The molecule has 3 atom stereocenters. The van der Waals surface area contributed by atoms with Crippen LogP contribution in [0.5, 0.6) is 0 Å². The maximum atomic E-state index is 12.6. The lowest BCUT2D eigenvalue weighted by atomic mass is 10.0. The van der Waals surface area contributed by atoms with Crippen LogP contribution in [0.2, 0.25) is 0 Å². The summed E-state index contributed by atoms with van der Waals surface area (Å²) in [4.78, 5) is 22.6. The monoisotopic (exact) mass is 762 g/mol. The van der Waals surface area contributed by atoms with Crippen molar-refractivity contribution in [3.63, 3.8) is 0 Å². The summed E-state index contributed by atoms with van der Waals surface area (Å²) in [5, 5.41) is 13.2. The highest BCUT2D eigenvalue weighted by Gasteiger charge is 2.25. The van der Waals surface area contributed by atoms with E-state index in [1.807, 2.05) is 0 Å². The summed E-state index contributed by atoms with van der Waals surface area (Å²) < 4.78 is 33.5. The topological polar surface area (TPSA) is 124 Å². The van der Waals surface area contributed by atoms with Gasteiger partial charge in [0.05, 0.1) is 19.8 Å². The Labute approximate surface area is 320 Å². The standard InChI is InChI=1S/C42H84NO8P/c1-4-6-8-10-12-14-16-18-20-22-24-26-28-30-32-34-41(44)48-38-40(39-50-52(46,47)49-37-36-43-3)51-42(45)35-33-31-29-27-25-23-21-19-17-15-13-11-9-7-5-2/h18,20,40-41,43-44H,4-17,19,21-39H2,1-3H3,(H,46,47)/b20-18-. The van der Waals surface area contributed by atoms with E-state index in [9.17, 15) is 19.4 Å². The smallest absolute Gasteiger partial charge is 0.457 e. The fourth-order valence-corrected chi connectivity index (χ4v) is 6.92. The van der Waals surface area contributed by atoms with E-state index in [4.69, 9.17) is 18.5 Å². The number of aliphatic hydroxyl groups is 1. The number of phosphoric acid groups is 1. The van der Waals surface area contributed by atoms with Crippen molar-refractivity contribution < 1.29 is 37.9 Å². The lowest BCUT2D eigenvalue weighted by molar-refractivity contribution is -0.166. The van der Waals surface area contributed by atoms with Crippen molar-refractivity contribution >= 4 is 13.8 Å². The van der Waals surface area contributed by atoms with Crippen LogP contribution in [0.4, 0.5) is 0 Å². The minimum absolute atomic E-state index is 0.000898. The molecular weight excluding hydrogens is 677 g/mol. The van der Waals surface area contributed by atoms with Crippen LogP contribution in [0.1, 0.15) is 206 Å². The Morgan fingerprint density at radius 3 is 1.56 bits per heavy atom. The van der Waals surface area contributed by atoms with Gasteiger partial charge in [-0.05, 0) is 52.0 Å². The predicted octanol–water partition coefficient (Wildman–Crippen LogP) is 11.9. The molecule has 0 heterocycles. The quantitative estimate of drug-likeness (QED) is 0.0183. The van der Waals surface area contributed by atoms with E-state index < -0.39 is 26.2 Å². The second kappa shape index (κ2) is 39.9. The molecule has 0 fully saturated rings. The van der Waals surface area contributed by atoms with Crippen molar-refractivity contribution in [2.75, 3.05) is 33.4 Å². The molecule has 0 aliphatic rings. The number of ether oxygens (including phenoxy) is 2. The highest BCUT2D eigenvalue weighted by atomic mass is 31.2. The van der Waals surface area contributed by atoms with Crippen molar-refractivity contribution in [1.82, 2.24) is 5.32 Å². The molecule has 0 amide bonds. The molecule has 3 N–H and O–H groups in total. The van der Waals surface area contributed by atoms with Gasteiger partial charge in [0.1, 0.15) is 6.10 Å². The van der Waals surface area contributed by atoms with Crippen LogP contribution in [0.25, 0.3) is 0 Å². The number of nitrogens with one attached hydrogen (secondary N) is 1. The van der Waals surface area contributed by atoms with Crippen LogP contribution >= 0.6 is 7.82 Å². The van der Waals surface area contributed by atoms with E-state index in [2.05, 4.69) is 31.3 Å². The van der Waals surface area contributed by atoms with Crippen molar-refractivity contribution in [3.05, 3.63) is 12.2 Å². The van der Waals surface area contributed by atoms with Gasteiger partial charge in [-0.25, -0.2) is 4.57 Å². The van der Waals surface area contributed by atoms with Gasteiger partial charge >= 0.3 is 13.8 Å². The second-order valence-electron chi connectivity index (χ2n) is 14.7. The molecule has 0 bridgehead atoms. The Bertz CT molecular complexity index is 830. The molecular formula is C42H84NO8P. The Morgan fingerprint density at radius 1 is 0.635 bits per heavy atom. The molecule has 0 radical (unpaired) electrons. The highest BCUT2D eigenvalue weighted by molar-refractivity contribution is 7.47. The number of hydrogen-bond acceptors (Lipinski definition) is 8. The molecule has 0 aromatic heterocycles. The predicted molar refractivity (Wildman–Crippen MR) is 216 cm³/mol. The largest absolute Gasteiger partial charge is 0.472 e.